The van der Waals surface area contributed by atoms with Crippen LogP contribution in [0, 0.1) is 6.92 Å². The first-order valence-corrected chi connectivity index (χ1v) is 5.51. The number of carbonyl (C=O) groups excluding carboxylic acids is 1. The van der Waals surface area contributed by atoms with Crippen LogP contribution in [-0.4, -0.2) is 37.1 Å². The summed E-state index contributed by atoms with van der Waals surface area (Å²) in [6.07, 6.45) is 0. The summed E-state index contributed by atoms with van der Waals surface area (Å²) in [6.45, 7) is 4.95. The highest BCUT2D eigenvalue weighted by atomic mass is 16.2. The Morgan fingerprint density at radius 2 is 2.12 bits per heavy atom. The number of anilines is 1. The van der Waals surface area contributed by atoms with Crippen LogP contribution in [0.2, 0.25) is 0 Å². The number of rotatable bonds is 1. The van der Waals surface area contributed by atoms with E-state index in [0.717, 1.165) is 37.4 Å². The lowest BCUT2D eigenvalue weighted by Gasteiger charge is -2.26. The molecule has 1 heterocycles. The number of urea groups is 1. The van der Waals surface area contributed by atoms with Gasteiger partial charge >= 0.3 is 6.03 Å². The third-order valence-electron chi connectivity index (χ3n) is 2.61. The summed E-state index contributed by atoms with van der Waals surface area (Å²) in [4.78, 5) is 13.7. The van der Waals surface area contributed by atoms with Gasteiger partial charge in [-0.05, 0) is 24.6 Å². The Labute approximate surface area is 95.6 Å². The van der Waals surface area contributed by atoms with Crippen LogP contribution in [-0.2, 0) is 0 Å². The molecule has 1 aromatic carbocycles. The minimum Gasteiger partial charge on any atom is -0.322 e. The van der Waals surface area contributed by atoms with Gasteiger partial charge < -0.3 is 10.2 Å². The fourth-order valence-electron chi connectivity index (χ4n) is 1.73. The molecule has 1 radical (unpaired) electrons. The average molecular weight is 218 g/mol. The van der Waals surface area contributed by atoms with Crippen molar-refractivity contribution < 1.29 is 4.79 Å². The van der Waals surface area contributed by atoms with E-state index in [2.05, 4.69) is 10.6 Å². The second-order valence-corrected chi connectivity index (χ2v) is 3.96. The monoisotopic (exact) mass is 218 g/mol. The lowest BCUT2D eigenvalue weighted by Crippen LogP contribution is -2.45. The summed E-state index contributed by atoms with van der Waals surface area (Å²) in [5.41, 5.74) is 2.00. The van der Waals surface area contributed by atoms with E-state index in [1.807, 2.05) is 31.2 Å². The molecule has 2 amide bonds. The van der Waals surface area contributed by atoms with E-state index in [1.165, 1.54) is 0 Å². The summed E-state index contributed by atoms with van der Waals surface area (Å²) in [7, 11) is 0. The predicted octanol–water partition coefficient (Wildman–Crippen LogP) is 1.45. The smallest absolute Gasteiger partial charge is 0.321 e. The molecule has 1 aliphatic rings. The van der Waals surface area contributed by atoms with Crippen molar-refractivity contribution in [2.24, 2.45) is 0 Å². The fraction of sp³-hybridized carbons (Fsp3) is 0.417. The number of aryl methyl sites for hydroxylation is 1. The third kappa shape index (κ3) is 2.73. The Morgan fingerprint density at radius 3 is 2.81 bits per heavy atom. The van der Waals surface area contributed by atoms with Gasteiger partial charge in [0.2, 0.25) is 0 Å². The predicted molar refractivity (Wildman–Crippen MR) is 63.6 cm³/mol. The number of hydrogen-bond donors (Lipinski definition) is 1. The van der Waals surface area contributed by atoms with E-state index in [-0.39, 0.29) is 6.03 Å². The standard InChI is InChI=1S/C12H16N3O/c1-10-3-2-4-11(9-10)14-12(16)15-7-5-13-6-8-15/h2-4,9H,5-8H2,1H3,(H,14,16). The molecule has 1 fully saturated rings. The molecule has 0 aromatic heterocycles. The Morgan fingerprint density at radius 1 is 1.38 bits per heavy atom. The molecule has 16 heavy (non-hydrogen) atoms. The van der Waals surface area contributed by atoms with Gasteiger partial charge in [-0.2, -0.15) is 0 Å². The Bertz CT molecular complexity index is 372. The first-order valence-electron chi connectivity index (χ1n) is 5.51. The molecule has 1 aromatic rings. The van der Waals surface area contributed by atoms with E-state index in [0.29, 0.717) is 0 Å². The summed E-state index contributed by atoms with van der Waals surface area (Å²) in [5.74, 6) is 0. The number of piperazine rings is 1. The molecule has 0 atom stereocenters. The number of amides is 2. The van der Waals surface area contributed by atoms with Crippen LogP contribution < -0.4 is 10.6 Å². The number of nitrogens with one attached hydrogen (secondary N) is 1. The third-order valence-corrected chi connectivity index (χ3v) is 2.61. The number of carbonyl (C=O) groups is 1. The van der Waals surface area contributed by atoms with E-state index < -0.39 is 0 Å². The Balaban J connectivity index is 1.96. The van der Waals surface area contributed by atoms with Crippen molar-refractivity contribution in [1.29, 1.82) is 0 Å². The lowest BCUT2D eigenvalue weighted by atomic mass is 10.2. The summed E-state index contributed by atoms with van der Waals surface area (Å²) in [5, 5.41) is 7.11. The topological polar surface area (TPSA) is 46.4 Å². The molecule has 4 nitrogen and oxygen atoms in total. The summed E-state index contributed by atoms with van der Waals surface area (Å²) >= 11 is 0. The maximum Gasteiger partial charge on any atom is 0.321 e. The molecule has 0 spiro atoms. The highest BCUT2D eigenvalue weighted by Crippen LogP contribution is 2.10. The zero-order valence-corrected chi connectivity index (χ0v) is 9.44. The highest BCUT2D eigenvalue weighted by Gasteiger charge is 2.16. The van der Waals surface area contributed by atoms with Crippen LogP contribution in [0.5, 0.6) is 0 Å². The molecule has 0 aliphatic carbocycles. The fourth-order valence-corrected chi connectivity index (χ4v) is 1.73. The van der Waals surface area contributed by atoms with Crippen molar-refractivity contribution in [3.8, 4) is 0 Å². The molecular weight excluding hydrogens is 202 g/mol. The normalized spacial score (nSPS) is 15.9. The van der Waals surface area contributed by atoms with Crippen molar-refractivity contribution in [1.82, 2.24) is 10.2 Å². The van der Waals surface area contributed by atoms with E-state index >= 15 is 0 Å². The van der Waals surface area contributed by atoms with Gasteiger partial charge in [-0.1, -0.05) is 12.1 Å². The van der Waals surface area contributed by atoms with Gasteiger partial charge in [0.15, 0.2) is 0 Å². The molecule has 2 rings (SSSR count). The summed E-state index contributed by atoms with van der Waals surface area (Å²) < 4.78 is 0. The second-order valence-electron chi connectivity index (χ2n) is 3.96. The first kappa shape index (κ1) is 11.0. The van der Waals surface area contributed by atoms with Gasteiger partial charge in [0.1, 0.15) is 0 Å². The van der Waals surface area contributed by atoms with Crippen molar-refractivity contribution in [3.63, 3.8) is 0 Å². The first-order chi connectivity index (χ1) is 7.75. The number of nitrogens with zero attached hydrogens (tertiary/aromatic N) is 2. The van der Waals surface area contributed by atoms with Crippen LogP contribution in [0.4, 0.5) is 10.5 Å². The quantitative estimate of drug-likeness (QED) is 0.762. The molecule has 1 saturated heterocycles. The largest absolute Gasteiger partial charge is 0.322 e. The van der Waals surface area contributed by atoms with Gasteiger partial charge in [0.25, 0.3) is 0 Å². The van der Waals surface area contributed by atoms with Crippen LogP contribution in [0.3, 0.4) is 0 Å². The Hall–Kier alpha value is -1.55. The van der Waals surface area contributed by atoms with Crippen molar-refractivity contribution in [2.75, 3.05) is 31.5 Å². The van der Waals surface area contributed by atoms with Crippen LogP contribution in [0.25, 0.3) is 0 Å². The van der Waals surface area contributed by atoms with E-state index in [1.54, 1.807) is 4.90 Å². The van der Waals surface area contributed by atoms with E-state index in [9.17, 15) is 4.79 Å². The molecule has 1 aliphatic heterocycles. The number of hydrogen-bond acceptors (Lipinski definition) is 1. The zero-order valence-electron chi connectivity index (χ0n) is 9.44. The molecule has 0 saturated carbocycles. The van der Waals surface area contributed by atoms with Gasteiger partial charge in [-0.3, -0.25) is 0 Å². The Kier molecular flexibility index (Phi) is 3.41. The van der Waals surface area contributed by atoms with Gasteiger partial charge in [-0.25, -0.2) is 10.1 Å². The molecular formula is C12H16N3O. The van der Waals surface area contributed by atoms with Crippen LogP contribution in [0.15, 0.2) is 24.3 Å². The van der Waals surface area contributed by atoms with Crippen molar-refractivity contribution in [3.05, 3.63) is 29.8 Å². The van der Waals surface area contributed by atoms with Crippen LogP contribution >= 0.6 is 0 Å². The maximum atomic E-state index is 11.9. The number of benzene rings is 1. The van der Waals surface area contributed by atoms with Gasteiger partial charge in [-0.15, -0.1) is 0 Å². The van der Waals surface area contributed by atoms with E-state index in [4.69, 9.17) is 0 Å². The molecule has 4 heteroatoms. The average Bonchev–Trinajstić information content (AvgIpc) is 2.30. The molecule has 85 valence electrons. The van der Waals surface area contributed by atoms with Gasteiger partial charge in [0, 0.05) is 31.9 Å². The maximum absolute atomic E-state index is 11.9. The van der Waals surface area contributed by atoms with Gasteiger partial charge in [0.05, 0.1) is 0 Å². The van der Waals surface area contributed by atoms with Crippen molar-refractivity contribution in [2.45, 2.75) is 6.92 Å². The SMILES string of the molecule is Cc1cccc(NC(=O)N2CC[N]CC2)c1. The van der Waals surface area contributed by atoms with Crippen LogP contribution in [0.1, 0.15) is 5.56 Å². The molecule has 0 unspecified atom stereocenters. The molecule has 1 N–H and O–H groups in total. The lowest BCUT2D eigenvalue weighted by molar-refractivity contribution is 0.203. The highest BCUT2D eigenvalue weighted by molar-refractivity contribution is 5.89. The zero-order chi connectivity index (χ0) is 11.4. The minimum absolute atomic E-state index is 0.0273. The summed E-state index contributed by atoms with van der Waals surface area (Å²) in [6, 6.07) is 7.79. The van der Waals surface area contributed by atoms with Crippen molar-refractivity contribution >= 4 is 11.7 Å². The minimum atomic E-state index is -0.0273. The second kappa shape index (κ2) is 4.99. The molecule has 0 bridgehead atoms.